The van der Waals surface area contributed by atoms with E-state index < -0.39 is 0 Å². The number of fused-ring (bicyclic) bond motifs is 2. The first-order valence-corrected chi connectivity index (χ1v) is 11.0. The lowest BCUT2D eigenvalue weighted by Gasteiger charge is -2.22. The molecule has 2 aromatic carbocycles. The summed E-state index contributed by atoms with van der Waals surface area (Å²) in [5.41, 5.74) is 4.64. The highest BCUT2D eigenvalue weighted by Crippen LogP contribution is 2.33. The van der Waals surface area contributed by atoms with Crippen molar-refractivity contribution in [3.63, 3.8) is 0 Å². The summed E-state index contributed by atoms with van der Waals surface area (Å²) in [5.74, 6) is 0. The van der Waals surface area contributed by atoms with Gasteiger partial charge in [0, 0.05) is 22.2 Å². The molecule has 4 aromatic rings. The second-order valence-electron chi connectivity index (χ2n) is 8.79. The van der Waals surface area contributed by atoms with Crippen LogP contribution < -0.4 is 19.2 Å². The summed E-state index contributed by atoms with van der Waals surface area (Å²) < 4.78 is 3.21. The van der Waals surface area contributed by atoms with Crippen molar-refractivity contribution in [2.75, 3.05) is 0 Å². The average Bonchev–Trinajstić information content (AvgIpc) is 3.20. The van der Waals surface area contributed by atoms with Gasteiger partial charge in [-0.3, -0.25) is 0 Å². The Morgan fingerprint density at radius 2 is 1.83 bits per heavy atom. The molecule has 0 atom stereocenters. The molecule has 1 aliphatic heterocycles. The molecule has 0 unspecified atom stereocenters. The predicted octanol–water partition coefficient (Wildman–Crippen LogP) is 4.51. The number of aromatic nitrogens is 1. The third kappa shape index (κ3) is 3.25. The number of pyridine rings is 1. The molecule has 0 saturated heterocycles. The SMILES string of the molecule is C=[n+]1ccc(=C2C=c3sccc3=C[N-]2)cc1-c1cc(C(C)(C)C)c2ccccc2c1. The zero-order chi connectivity index (χ0) is 20.9. The Kier molecular flexibility index (Phi) is 4.37. The summed E-state index contributed by atoms with van der Waals surface area (Å²) in [4.78, 5) is 0. The van der Waals surface area contributed by atoms with Crippen molar-refractivity contribution < 1.29 is 4.24 Å². The molecule has 2 nitrogen and oxygen atoms in total. The van der Waals surface area contributed by atoms with E-state index in [1.807, 2.05) is 16.6 Å². The Morgan fingerprint density at radius 1 is 1.00 bits per heavy atom. The number of rotatable bonds is 1. The minimum absolute atomic E-state index is 0.0466. The second-order valence-corrected chi connectivity index (χ2v) is 9.74. The maximum Gasteiger partial charge on any atom is 0.217 e. The molecule has 3 heteroatoms. The van der Waals surface area contributed by atoms with Crippen molar-refractivity contribution in [2.24, 2.45) is 0 Å². The molecule has 0 N–H and O–H groups in total. The van der Waals surface area contributed by atoms with Crippen LogP contribution in [0.2, 0.25) is 0 Å². The second kappa shape index (κ2) is 6.96. The molecule has 0 bridgehead atoms. The molecule has 0 spiro atoms. The van der Waals surface area contributed by atoms with Crippen molar-refractivity contribution >= 4 is 40.1 Å². The van der Waals surface area contributed by atoms with E-state index in [9.17, 15) is 0 Å². The van der Waals surface area contributed by atoms with Crippen LogP contribution >= 0.6 is 11.3 Å². The summed E-state index contributed by atoms with van der Waals surface area (Å²) in [5, 5.41) is 11.7. The molecule has 3 heterocycles. The van der Waals surface area contributed by atoms with Gasteiger partial charge in [0.05, 0.1) is 0 Å². The lowest BCUT2D eigenvalue weighted by molar-refractivity contribution is -0.486. The van der Waals surface area contributed by atoms with Crippen molar-refractivity contribution in [3.8, 4) is 11.3 Å². The Labute approximate surface area is 180 Å². The van der Waals surface area contributed by atoms with Gasteiger partial charge in [0.25, 0.3) is 0 Å². The van der Waals surface area contributed by atoms with Gasteiger partial charge in [0.15, 0.2) is 6.20 Å². The molecule has 148 valence electrons. The predicted molar refractivity (Wildman–Crippen MR) is 128 cm³/mol. The fourth-order valence-corrected chi connectivity index (χ4v) is 4.83. The van der Waals surface area contributed by atoms with Crippen molar-refractivity contribution in [3.05, 3.63) is 98.7 Å². The van der Waals surface area contributed by atoms with Crippen molar-refractivity contribution in [1.29, 1.82) is 0 Å². The maximum absolute atomic E-state index is 4.70. The van der Waals surface area contributed by atoms with Gasteiger partial charge in [0.1, 0.15) is 6.72 Å². The lowest BCUT2D eigenvalue weighted by atomic mass is 9.82. The first kappa shape index (κ1) is 18.8. The van der Waals surface area contributed by atoms with Crippen molar-refractivity contribution in [1.82, 2.24) is 0 Å². The first-order valence-electron chi connectivity index (χ1n) is 10.1. The number of nitrogens with zero attached hydrogens (tertiary/aromatic N) is 2. The van der Waals surface area contributed by atoms with Gasteiger partial charge in [-0.15, -0.1) is 17.0 Å². The molecular formula is C27H24N2S. The van der Waals surface area contributed by atoms with Crippen LogP contribution in [0.15, 0.2) is 66.2 Å². The highest BCUT2D eigenvalue weighted by Gasteiger charge is 2.20. The van der Waals surface area contributed by atoms with Gasteiger partial charge in [-0.05, 0) is 55.8 Å². The fraction of sp³-hybridized carbons (Fsp3) is 0.148. The highest BCUT2D eigenvalue weighted by molar-refractivity contribution is 7.07. The van der Waals surface area contributed by atoms with Crippen molar-refractivity contribution in [2.45, 2.75) is 26.2 Å². The van der Waals surface area contributed by atoms with Gasteiger partial charge < -0.3 is 5.32 Å². The molecule has 0 amide bonds. The van der Waals surface area contributed by atoms with E-state index in [1.165, 1.54) is 31.7 Å². The van der Waals surface area contributed by atoms with Crippen LogP contribution in [0.1, 0.15) is 26.3 Å². The van der Waals surface area contributed by atoms with Crippen LogP contribution in [0.5, 0.6) is 0 Å². The standard InChI is InChI=1S/C27H24N2S/c1-27(2,3)23-14-21(13-18-7-5-6-8-22(18)23)25-15-19(9-11-29(25)4)24-16-26-20(17-28-24)10-12-30-26/h5-17H,4H2,1-3H3. The largest absolute Gasteiger partial charge is 0.663 e. The maximum atomic E-state index is 4.70. The van der Waals surface area contributed by atoms with Gasteiger partial charge in [0.2, 0.25) is 5.69 Å². The van der Waals surface area contributed by atoms with E-state index in [4.69, 9.17) is 5.32 Å². The Balaban J connectivity index is 1.76. The minimum Gasteiger partial charge on any atom is -0.663 e. The zero-order valence-electron chi connectivity index (χ0n) is 17.5. The number of benzene rings is 2. The molecule has 2 aromatic heterocycles. The quantitative estimate of drug-likeness (QED) is 0.413. The average molecular weight is 409 g/mol. The summed E-state index contributed by atoms with van der Waals surface area (Å²) in [6.45, 7) is 11.1. The van der Waals surface area contributed by atoms with Gasteiger partial charge in [-0.1, -0.05) is 51.1 Å². The summed E-state index contributed by atoms with van der Waals surface area (Å²) in [6.07, 6.45) is 6.16. The molecule has 0 fully saturated rings. The number of hydrogen-bond donors (Lipinski definition) is 0. The molecule has 30 heavy (non-hydrogen) atoms. The minimum atomic E-state index is 0.0466. The van der Waals surface area contributed by atoms with Crippen LogP contribution in [0, 0.1) is 6.72 Å². The smallest absolute Gasteiger partial charge is 0.217 e. The summed E-state index contributed by atoms with van der Waals surface area (Å²) >= 11 is 1.75. The van der Waals surface area contributed by atoms with Crippen LogP contribution in [-0.2, 0) is 5.41 Å². The topological polar surface area (TPSA) is 20.0 Å². The van der Waals surface area contributed by atoms with E-state index >= 15 is 0 Å². The molecule has 5 rings (SSSR count). The van der Waals surface area contributed by atoms with E-state index in [1.54, 1.807) is 11.3 Å². The van der Waals surface area contributed by atoms with Crippen LogP contribution in [0.25, 0.3) is 45.3 Å². The Morgan fingerprint density at radius 3 is 2.67 bits per heavy atom. The highest BCUT2D eigenvalue weighted by atomic mass is 32.1. The van der Waals surface area contributed by atoms with Crippen LogP contribution in [0.3, 0.4) is 0 Å². The van der Waals surface area contributed by atoms with E-state index in [2.05, 4.69) is 93.5 Å². The zero-order valence-corrected chi connectivity index (χ0v) is 18.3. The number of hydrogen-bond acceptors (Lipinski definition) is 1. The first-order chi connectivity index (χ1) is 14.4. The molecule has 0 saturated carbocycles. The fourth-order valence-electron chi connectivity index (χ4n) is 4.03. The molecule has 1 aliphatic rings. The van der Waals surface area contributed by atoms with E-state index in [-0.39, 0.29) is 5.41 Å². The van der Waals surface area contributed by atoms with Gasteiger partial charge in [-0.2, -0.15) is 10.4 Å². The van der Waals surface area contributed by atoms with E-state index in [0.29, 0.717) is 0 Å². The summed E-state index contributed by atoms with van der Waals surface area (Å²) in [7, 11) is 0. The molecule has 0 radical (unpaired) electrons. The third-order valence-corrected chi connectivity index (χ3v) is 6.51. The Hall–Kier alpha value is -3.17. The third-order valence-electron chi connectivity index (χ3n) is 5.63. The van der Waals surface area contributed by atoms with Crippen LogP contribution in [0.4, 0.5) is 0 Å². The summed E-state index contributed by atoms with van der Waals surface area (Å²) in [6, 6.07) is 19.6. The monoisotopic (exact) mass is 408 g/mol. The van der Waals surface area contributed by atoms with Crippen LogP contribution in [-0.4, -0.2) is 0 Å². The Bertz CT molecular complexity index is 1520. The molecule has 0 aliphatic carbocycles. The van der Waals surface area contributed by atoms with Gasteiger partial charge in [-0.25, -0.2) is 0 Å². The molecular weight excluding hydrogens is 384 g/mol. The normalized spacial score (nSPS) is 15.2. The number of thiophene rings is 1. The lowest BCUT2D eigenvalue weighted by Crippen LogP contribution is -2.24. The van der Waals surface area contributed by atoms with E-state index in [0.717, 1.165) is 16.6 Å². The van der Waals surface area contributed by atoms with Gasteiger partial charge >= 0.3 is 0 Å².